The van der Waals surface area contributed by atoms with Gasteiger partial charge in [-0.1, -0.05) is 91.0 Å². The highest BCUT2D eigenvalue weighted by Gasteiger charge is 2.35. The van der Waals surface area contributed by atoms with Crippen molar-refractivity contribution < 1.29 is 12.8 Å². The molecule has 0 saturated carbocycles. The van der Waals surface area contributed by atoms with Gasteiger partial charge in [0.25, 0.3) is 0 Å². The van der Waals surface area contributed by atoms with Gasteiger partial charge in [-0.3, -0.25) is 0 Å². The number of hydrogen-bond acceptors (Lipinski definition) is 3. The zero-order valence-electron chi connectivity index (χ0n) is 15.7. The lowest BCUT2D eigenvalue weighted by Crippen LogP contribution is -2.14. The molecule has 4 nitrogen and oxygen atoms in total. The Morgan fingerprint density at radius 2 is 1.28 bits per heavy atom. The van der Waals surface area contributed by atoms with Crippen LogP contribution in [0.15, 0.2) is 96.2 Å². The summed E-state index contributed by atoms with van der Waals surface area (Å²) in [5, 5.41) is -0.299. The molecule has 4 aromatic rings. The summed E-state index contributed by atoms with van der Waals surface area (Å²) in [4.78, 5) is 4.41. The molecule has 0 aliphatic carbocycles. The summed E-state index contributed by atoms with van der Waals surface area (Å²) in [6.45, 7) is 0. The summed E-state index contributed by atoms with van der Waals surface area (Å²) in [6.07, 6.45) is 0. The molecule has 0 spiro atoms. The Bertz CT molecular complexity index is 1220. The van der Waals surface area contributed by atoms with Crippen LogP contribution in [0.3, 0.4) is 0 Å². The Balaban J connectivity index is 1.93. The van der Waals surface area contributed by atoms with Gasteiger partial charge < -0.3 is 4.57 Å². The van der Waals surface area contributed by atoms with E-state index in [-0.39, 0.29) is 10.7 Å². The Hall–Kier alpha value is -3.25. The third-order valence-electron chi connectivity index (χ3n) is 4.74. The molecule has 3 aromatic carbocycles. The van der Waals surface area contributed by atoms with Gasteiger partial charge in [0.2, 0.25) is 20.5 Å². The lowest BCUT2D eigenvalue weighted by molar-refractivity contribution is 0.426. The summed E-state index contributed by atoms with van der Waals surface area (Å²) in [6, 6.07) is 26.5. The SMILES string of the molecule is Cn1c(S(=O)(=O)C(F)c2ccccc2)nc(-c2ccccc2)c1-c1ccccc1. The molecule has 0 saturated heterocycles. The number of benzene rings is 3. The van der Waals surface area contributed by atoms with Crippen molar-refractivity contribution in [2.45, 2.75) is 10.7 Å². The standard InChI is InChI=1S/C23H19FN2O2S/c1-26-21(18-13-7-3-8-14-18)20(17-11-5-2-6-12-17)25-23(26)29(27,28)22(24)19-15-9-4-10-16-19/h2-16,22H,1H3. The zero-order valence-corrected chi connectivity index (χ0v) is 16.6. The van der Waals surface area contributed by atoms with Crippen molar-refractivity contribution in [2.75, 3.05) is 0 Å². The van der Waals surface area contributed by atoms with Crippen LogP contribution in [0.2, 0.25) is 0 Å². The van der Waals surface area contributed by atoms with Crippen LogP contribution in [0.4, 0.5) is 4.39 Å². The lowest BCUT2D eigenvalue weighted by atomic mass is 10.1. The second kappa shape index (κ2) is 7.64. The second-order valence-corrected chi connectivity index (χ2v) is 8.52. The molecule has 1 unspecified atom stereocenters. The van der Waals surface area contributed by atoms with E-state index in [1.165, 1.54) is 16.7 Å². The number of rotatable bonds is 5. The molecule has 1 heterocycles. The van der Waals surface area contributed by atoms with Gasteiger partial charge in [-0.2, -0.15) is 0 Å². The number of sulfone groups is 1. The maximum Gasteiger partial charge on any atom is 0.248 e. The fraction of sp³-hybridized carbons (Fsp3) is 0.0870. The monoisotopic (exact) mass is 406 g/mol. The molecule has 29 heavy (non-hydrogen) atoms. The van der Waals surface area contributed by atoms with E-state index < -0.39 is 15.3 Å². The predicted octanol–water partition coefficient (Wildman–Crippen LogP) is 5.20. The molecule has 0 aliphatic heterocycles. The lowest BCUT2D eigenvalue weighted by Gasteiger charge is -2.11. The fourth-order valence-corrected chi connectivity index (χ4v) is 4.72. The minimum Gasteiger partial charge on any atom is -0.317 e. The first kappa shape index (κ1) is 19.1. The average molecular weight is 406 g/mol. The highest BCUT2D eigenvalue weighted by Crippen LogP contribution is 2.37. The van der Waals surface area contributed by atoms with Crippen molar-refractivity contribution in [3.63, 3.8) is 0 Å². The molecule has 0 fully saturated rings. The minimum atomic E-state index is -4.36. The van der Waals surface area contributed by atoms with Gasteiger partial charge in [-0.05, 0) is 0 Å². The smallest absolute Gasteiger partial charge is 0.248 e. The molecule has 1 atom stereocenters. The quantitative estimate of drug-likeness (QED) is 0.458. The molecule has 146 valence electrons. The normalized spacial score (nSPS) is 12.6. The van der Waals surface area contributed by atoms with Crippen LogP contribution >= 0.6 is 0 Å². The summed E-state index contributed by atoms with van der Waals surface area (Å²) in [5.74, 6) is 0. The Morgan fingerprint density at radius 1 is 0.793 bits per heavy atom. The molecule has 4 rings (SSSR count). The van der Waals surface area contributed by atoms with Crippen LogP contribution in [0.1, 0.15) is 11.1 Å². The van der Waals surface area contributed by atoms with Crippen LogP contribution in [0.25, 0.3) is 22.5 Å². The Morgan fingerprint density at radius 3 is 1.83 bits per heavy atom. The van der Waals surface area contributed by atoms with Gasteiger partial charge in [0.15, 0.2) is 0 Å². The van der Waals surface area contributed by atoms with E-state index >= 15 is 4.39 Å². The van der Waals surface area contributed by atoms with E-state index in [9.17, 15) is 8.42 Å². The van der Waals surface area contributed by atoms with E-state index in [1.54, 1.807) is 25.2 Å². The Kier molecular flexibility index (Phi) is 5.03. The summed E-state index contributed by atoms with van der Waals surface area (Å²) < 4.78 is 42.8. The molecule has 0 bridgehead atoms. The van der Waals surface area contributed by atoms with Crippen molar-refractivity contribution in [3.05, 3.63) is 96.6 Å². The van der Waals surface area contributed by atoms with E-state index in [2.05, 4.69) is 4.98 Å². The molecule has 0 aliphatic rings. The molecular weight excluding hydrogens is 387 g/mol. The molecule has 0 amide bonds. The van der Waals surface area contributed by atoms with E-state index in [0.29, 0.717) is 11.4 Å². The number of imidazole rings is 1. The van der Waals surface area contributed by atoms with Gasteiger partial charge in [0, 0.05) is 23.7 Å². The highest BCUT2D eigenvalue weighted by molar-refractivity contribution is 7.91. The first-order valence-corrected chi connectivity index (χ1v) is 10.7. The molecule has 6 heteroatoms. The zero-order chi connectivity index (χ0) is 20.4. The van der Waals surface area contributed by atoms with Gasteiger partial charge >= 0.3 is 0 Å². The van der Waals surface area contributed by atoms with E-state index in [0.717, 1.165) is 11.1 Å². The highest BCUT2D eigenvalue weighted by atomic mass is 32.2. The van der Waals surface area contributed by atoms with Gasteiger partial charge in [0.05, 0.1) is 11.4 Å². The van der Waals surface area contributed by atoms with E-state index in [1.807, 2.05) is 60.7 Å². The largest absolute Gasteiger partial charge is 0.317 e. The van der Waals surface area contributed by atoms with Crippen LogP contribution in [0, 0.1) is 0 Å². The Labute approximate surface area is 169 Å². The van der Waals surface area contributed by atoms with Crippen molar-refractivity contribution in [1.29, 1.82) is 0 Å². The number of alkyl halides is 1. The molecule has 0 radical (unpaired) electrons. The fourth-order valence-electron chi connectivity index (χ4n) is 3.33. The maximum absolute atomic E-state index is 15.1. The molecular formula is C23H19FN2O2S. The summed E-state index contributed by atoms with van der Waals surface area (Å²) in [5.41, 5.74) is 0.570. The number of halogens is 1. The average Bonchev–Trinajstić information content (AvgIpc) is 3.13. The van der Waals surface area contributed by atoms with Gasteiger partial charge in [-0.15, -0.1) is 0 Å². The first-order chi connectivity index (χ1) is 14.0. The van der Waals surface area contributed by atoms with Crippen LogP contribution in [-0.4, -0.2) is 18.0 Å². The van der Waals surface area contributed by atoms with Crippen LogP contribution in [0.5, 0.6) is 0 Å². The minimum absolute atomic E-state index is 0.0815. The summed E-state index contributed by atoms with van der Waals surface area (Å²) >= 11 is 0. The van der Waals surface area contributed by atoms with Crippen LogP contribution in [-0.2, 0) is 16.9 Å². The number of aromatic nitrogens is 2. The van der Waals surface area contributed by atoms with Gasteiger partial charge in [-0.25, -0.2) is 17.8 Å². The second-order valence-electron chi connectivity index (χ2n) is 6.65. The van der Waals surface area contributed by atoms with Crippen molar-refractivity contribution >= 4 is 9.84 Å². The predicted molar refractivity (Wildman–Crippen MR) is 112 cm³/mol. The van der Waals surface area contributed by atoms with Gasteiger partial charge in [0.1, 0.15) is 0 Å². The number of nitrogens with zero attached hydrogens (tertiary/aromatic N) is 2. The summed E-state index contributed by atoms with van der Waals surface area (Å²) in [7, 11) is -2.75. The number of hydrogen-bond donors (Lipinski definition) is 0. The molecule has 1 aromatic heterocycles. The van der Waals surface area contributed by atoms with Crippen molar-refractivity contribution in [2.24, 2.45) is 7.05 Å². The first-order valence-electron chi connectivity index (χ1n) is 9.10. The molecule has 0 N–H and O–H groups in total. The maximum atomic E-state index is 15.1. The third-order valence-corrected chi connectivity index (χ3v) is 6.43. The van der Waals surface area contributed by atoms with Crippen molar-refractivity contribution in [1.82, 2.24) is 9.55 Å². The van der Waals surface area contributed by atoms with Crippen molar-refractivity contribution in [3.8, 4) is 22.5 Å². The van der Waals surface area contributed by atoms with E-state index in [4.69, 9.17) is 0 Å². The van der Waals surface area contributed by atoms with Crippen LogP contribution < -0.4 is 0 Å². The topological polar surface area (TPSA) is 52.0 Å². The third kappa shape index (κ3) is 3.47.